The summed E-state index contributed by atoms with van der Waals surface area (Å²) in [7, 11) is 1.48. The average Bonchev–Trinajstić information content (AvgIpc) is 2.59. The third-order valence-corrected chi connectivity index (χ3v) is 3.94. The molecule has 1 amide bonds. The summed E-state index contributed by atoms with van der Waals surface area (Å²) in [6.45, 7) is 1.39. The number of aromatic nitrogens is 4. The van der Waals surface area contributed by atoms with Crippen molar-refractivity contribution in [3.05, 3.63) is 51.1 Å². The monoisotopic (exact) mass is 330 g/mol. The molecule has 2 aromatic rings. The molecular formula is C15H18N6O3. The number of hydrogen-bond acceptors (Lipinski definition) is 6. The third-order valence-electron chi connectivity index (χ3n) is 3.94. The second kappa shape index (κ2) is 6.65. The molecule has 24 heavy (non-hydrogen) atoms. The molecule has 9 nitrogen and oxygen atoms in total. The number of nitrogens with zero attached hydrogens (tertiary/aromatic N) is 4. The fraction of sp³-hybridized carbons (Fsp3) is 0.400. The van der Waals surface area contributed by atoms with Crippen LogP contribution in [0.3, 0.4) is 0 Å². The molecule has 0 radical (unpaired) electrons. The van der Waals surface area contributed by atoms with E-state index in [1.165, 1.54) is 17.8 Å². The molecule has 3 rings (SSSR count). The highest BCUT2D eigenvalue weighted by Gasteiger charge is 2.24. The zero-order valence-electron chi connectivity index (χ0n) is 13.2. The number of carbonyl (C=O) groups excluding carboxylic acids is 1. The van der Waals surface area contributed by atoms with Crippen LogP contribution in [0.2, 0.25) is 0 Å². The van der Waals surface area contributed by atoms with Gasteiger partial charge in [-0.25, -0.2) is 14.8 Å². The molecule has 126 valence electrons. The highest BCUT2D eigenvalue weighted by molar-refractivity contribution is 5.93. The van der Waals surface area contributed by atoms with E-state index in [1.807, 2.05) is 4.90 Å². The number of aryl methyl sites for hydroxylation is 1. The van der Waals surface area contributed by atoms with Gasteiger partial charge in [-0.1, -0.05) is 0 Å². The van der Waals surface area contributed by atoms with E-state index in [4.69, 9.17) is 0 Å². The summed E-state index contributed by atoms with van der Waals surface area (Å²) in [5.41, 5.74) is -1.32. The number of carbonyl (C=O) groups is 1. The van der Waals surface area contributed by atoms with Gasteiger partial charge in [-0.15, -0.1) is 0 Å². The van der Waals surface area contributed by atoms with Crippen molar-refractivity contribution in [1.82, 2.24) is 24.8 Å². The van der Waals surface area contributed by atoms with Gasteiger partial charge in [0.2, 0.25) is 5.95 Å². The van der Waals surface area contributed by atoms with Crippen LogP contribution < -0.4 is 21.5 Å². The van der Waals surface area contributed by atoms with Crippen molar-refractivity contribution in [2.75, 3.05) is 18.0 Å². The lowest BCUT2D eigenvalue weighted by molar-refractivity contribution is 0.0930. The van der Waals surface area contributed by atoms with Crippen LogP contribution in [0.5, 0.6) is 0 Å². The standard InChI is InChI=1S/C15H18N6O3/c1-20-9-11(13(23)19-15(20)24)12(22)18-10-4-2-7-21(8-10)14-16-5-3-6-17-14/h3,5-6,9-10H,2,4,7-8H2,1H3,(H,18,22)(H,19,23,24)/t10-/m1/s1. The van der Waals surface area contributed by atoms with Crippen molar-refractivity contribution in [2.45, 2.75) is 18.9 Å². The van der Waals surface area contributed by atoms with Crippen LogP contribution in [-0.2, 0) is 7.05 Å². The van der Waals surface area contributed by atoms with Gasteiger partial charge < -0.3 is 14.8 Å². The molecule has 9 heteroatoms. The number of nitrogens with one attached hydrogen (secondary N) is 2. The first-order chi connectivity index (χ1) is 11.5. The number of rotatable bonds is 3. The SMILES string of the molecule is Cn1cc(C(=O)N[C@@H]2CCCN(c3ncccn3)C2)c(=O)[nH]c1=O. The van der Waals surface area contributed by atoms with Gasteiger partial charge in [0.1, 0.15) is 5.56 Å². The quantitative estimate of drug-likeness (QED) is 0.766. The predicted octanol–water partition coefficient (Wildman–Crippen LogP) is -0.738. The van der Waals surface area contributed by atoms with Crippen LogP contribution >= 0.6 is 0 Å². The molecule has 2 N–H and O–H groups in total. The van der Waals surface area contributed by atoms with E-state index in [9.17, 15) is 14.4 Å². The average molecular weight is 330 g/mol. The van der Waals surface area contributed by atoms with Gasteiger partial charge in [0.05, 0.1) is 0 Å². The van der Waals surface area contributed by atoms with Crippen LogP contribution in [0.15, 0.2) is 34.2 Å². The second-order valence-corrected chi connectivity index (χ2v) is 5.72. The Labute approximate surface area is 137 Å². The molecule has 0 bridgehead atoms. The third kappa shape index (κ3) is 3.34. The van der Waals surface area contributed by atoms with E-state index < -0.39 is 17.2 Å². The minimum absolute atomic E-state index is 0.0785. The Morgan fingerprint density at radius 3 is 2.83 bits per heavy atom. The lowest BCUT2D eigenvalue weighted by atomic mass is 10.1. The second-order valence-electron chi connectivity index (χ2n) is 5.72. The van der Waals surface area contributed by atoms with Crippen LogP contribution in [0, 0.1) is 0 Å². The maximum absolute atomic E-state index is 12.3. The Bertz CT molecular complexity index is 844. The number of amides is 1. The Balaban J connectivity index is 1.72. The first-order valence-electron chi connectivity index (χ1n) is 7.67. The molecule has 1 aliphatic heterocycles. The number of aromatic amines is 1. The molecule has 1 fully saturated rings. The maximum Gasteiger partial charge on any atom is 0.328 e. The largest absolute Gasteiger partial charge is 0.347 e. The van der Waals surface area contributed by atoms with Gasteiger partial charge >= 0.3 is 5.69 Å². The number of hydrogen-bond donors (Lipinski definition) is 2. The summed E-state index contributed by atoms with van der Waals surface area (Å²) in [4.78, 5) is 48.1. The predicted molar refractivity (Wildman–Crippen MR) is 87.0 cm³/mol. The lowest BCUT2D eigenvalue weighted by Gasteiger charge is -2.33. The first kappa shape index (κ1) is 15.9. The molecular weight excluding hydrogens is 312 g/mol. The van der Waals surface area contributed by atoms with Crippen molar-refractivity contribution >= 4 is 11.9 Å². The van der Waals surface area contributed by atoms with Crippen molar-refractivity contribution in [1.29, 1.82) is 0 Å². The summed E-state index contributed by atoms with van der Waals surface area (Å²) in [6.07, 6.45) is 6.28. The molecule has 1 aliphatic rings. The van der Waals surface area contributed by atoms with E-state index in [0.717, 1.165) is 19.4 Å². The highest BCUT2D eigenvalue weighted by Crippen LogP contribution is 2.15. The zero-order valence-corrected chi connectivity index (χ0v) is 13.2. The Hall–Kier alpha value is -2.97. The molecule has 0 spiro atoms. The van der Waals surface area contributed by atoms with Gasteiger partial charge in [-0.05, 0) is 18.9 Å². The minimum Gasteiger partial charge on any atom is -0.347 e. The zero-order chi connectivity index (χ0) is 17.1. The molecule has 1 saturated heterocycles. The maximum atomic E-state index is 12.3. The summed E-state index contributed by atoms with van der Waals surface area (Å²) in [5, 5.41) is 2.85. The first-order valence-corrected chi connectivity index (χ1v) is 7.67. The van der Waals surface area contributed by atoms with Crippen molar-refractivity contribution in [3.8, 4) is 0 Å². The molecule has 0 aliphatic carbocycles. The van der Waals surface area contributed by atoms with E-state index >= 15 is 0 Å². The van der Waals surface area contributed by atoms with Gasteiger partial charge in [0.25, 0.3) is 11.5 Å². The van der Waals surface area contributed by atoms with Crippen LogP contribution in [0.1, 0.15) is 23.2 Å². The molecule has 0 aromatic carbocycles. The van der Waals surface area contributed by atoms with E-state index in [1.54, 1.807) is 18.5 Å². The summed E-state index contributed by atoms with van der Waals surface area (Å²) in [5.74, 6) is 0.129. The lowest BCUT2D eigenvalue weighted by Crippen LogP contribution is -2.49. The highest BCUT2D eigenvalue weighted by atomic mass is 16.2. The normalized spacial score (nSPS) is 17.5. The summed E-state index contributed by atoms with van der Waals surface area (Å²) < 4.78 is 1.17. The topological polar surface area (TPSA) is 113 Å². The van der Waals surface area contributed by atoms with E-state index in [-0.39, 0.29) is 11.6 Å². The fourth-order valence-electron chi connectivity index (χ4n) is 2.72. The van der Waals surface area contributed by atoms with Crippen LogP contribution in [0.4, 0.5) is 5.95 Å². The molecule has 2 aromatic heterocycles. The van der Waals surface area contributed by atoms with Gasteiger partial charge in [0.15, 0.2) is 0 Å². The van der Waals surface area contributed by atoms with Gasteiger partial charge in [-0.3, -0.25) is 14.6 Å². The minimum atomic E-state index is -0.686. The Morgan fingerprint density at radius 2 is 2.08 bits per heavy atom. The van der Waals surface area contributed by atoms with Crippen molar-refractivity contribution in [2.24, 2.45) is 7.05 Å². The summed E-state index contributed by atoms with van der Waals surface area (Å²) in [6, 6.07) is 1.63. The van der Waals surface area contributed by atoms with Crippen LogP contribution in [0.25, 0.3) is 0 Å². The van der Waals surface area contributed by atoms with E-state index in [0.29, 0.717) is 12.5 Å². The summed E-state index contributed by atoms with van der Waals surface area (Å²) >= 11 is 0. The number of H-pyrrole nitrogens is 1. The van der Waals surface area contributed by atoms with E-state index in [2.05, 4.69) is 20.3 Å². The molecule has 3 heterocycles. The van der Waals surface area contributed by atoms with Crippen molar-refractivity contribution in [3.63, 3.8) is 0 Å². The molecule has 1 atom stereocenters. The van der Waals surface area contributed by atoms with Gasteiger partial charge in [-0.2, -0.15) is 0 Å². The van der Waals surface area contributed by atoms with Crippen molar-refractivity contribution < 1.29 is 4.79 Å². The Kier molecular flexibility index (Phi) is 4.41. The number of piperidine rings is 1. The smallest absolute Gasteiger partial charge is 0.328 e. The molecule has 0 unspecified atom stereocenters. The van der Waals surface area contributed by atoms with Crippen LogP contribution in [-0.4, -0.2) is 44.6 Å². The Morgan fingerprint density at radius 1 is 1.33 bits per heavy atom. The molecule has 0 saturated carbocycles. The fourth-order valence-corrected chi connectivity index (χ4v) is 2.72. The van der Waals surface area contributed by atoms with Gasteiger partial charge in [0, 0.05) is 44.8 Å². The number of anilines is 1.